The van der Waals surface area contributed by atoms with Gasteiger partial charge in [-0.3, -0.25) is 0 Å². The van der Waals surface area contributed by atoms with E-state index < -0.39 is 0 Å². The number of hydrogen-bond donors (Lipinski definition) is 0. The molecule has 7 heavy (non-hydrogen) atoms. The van der Waals surface area contributed by atoms with Crippen LogP contribution in [0.25, 0.3) is 0 Å². The maximum Gasteiger partial charge on any atom is 0.177 e. The van der Waals surface area contributed by atoms with Crippen LogP contribution in [-0.4, -0.2) is 19.5 Å². The van der Waals surface area contributed by atoms with Crippen LogP contribution in [0.15, 0.2) is 6.08 Å². The summed E-state index contributed by atoms with van der Waals surface area (Å²) in [6.07, 6.45) is 1.15. The molecule has 0 aromatic carbocycles. The quantitative estimate of drug-likeness (QED) is 0.472. The number of rotatable bonds is 1. The van der Waals surface area contributed by atoms with Gasteiger partial charge in [0.2, 0.25) is 0 Å². The Hall–Kier alpha value is -0.340. The summed E-state index contributed by atoms with van der Waals surface area (Å²) in [5.41, 5.74) is 0. The molecule has 0 unspecified atom stereocenters. The van der Waals surface area contributed by atoms with Crippen LogP contribution in [0.3, 0.4) is 0 Å². The van der Waals surface area contributed by atoms with Crippen molar-refractivity contribution in [2.75, 3.05) is 13.2 Å². The molecular formula is C5H7O2. The van der Waals surface area contributed by atoms with E-state index in [1.165, 1.54) is 6.08 Å². The van der Waals surface area contributed by atoms with E-state index in [9.17, 15) is 0 Å². The first kappa shape index (κ1) is 4.81. The zero-order valence-corrected chi connectivity index (χ0v) is 3.96. The predicted molar refractivity (Wildman–Crippen MR) is 24.6 cm³/mol. The van der Waals surface area contributed by atoms with E-state index in [0.717, 1.165) is 0 Å². The topological polar surface area (TPSA) is 18.5 Å². The van der Waals surface area contributed by atoms with E-state index in [1.807, 2.05) is 0 Å². The van der Waals surface area contributed by atoms with Crippen molar-refractivity contribution in [3.8, 4) is 0 Å². The molecule has 2 nitrogen and oxygen atoms in total. The molecule has 1 saturated heterocycles. The summed E-state index contributed by atoms with van der Waals surface area (Å²) in [7, 11) is 0. The molecule has 0 aromatic rings. The minimum atomic E-state index is -0.250. The lowest BCUT2D eigenvalue weighted by atomic mass is 10.6. The van der Waals surface area contributed by atoms with Gasteiger partial charge in [0.25, 0.3) is 0 Å². The molecule has 0 aromatic heterocycles. The van der Waals surface area contributed by atoms with Crippen molar-refractivity contribution in [3.05, 3.63) is 12.7 Å². The molecule has 39 valence electrons. The fourth-order valence-corrected chi connectivity index (χ4v) is 0.488. The van der Waals surface area contributed by atoms with Crippen molar-refractivity contribution in [1.29, 1.82) is 0 Å². The van der Waals surface area contributed by atoms with Gasteiger partial charge in [-0.1, -0.05) is 6.58 Å². The standard InChI is InChI=1S/C5H7O2/c1-2-5-6-3-4-7-5/h1-2,5H,3-4H2. The van der Waals surface area contributed by atoms with Gasteiger partial charge in [0.05, 0.1) is 13.2 Å². The van der Waals surface area contributed by atoms with Crippen molar-refractivity contribution in [3.63, 3.8) is 0 Å². The van der Waals surface area contributed by atoms with Crippen LogP contribution in [0, 0.1) is 6.58 Å². The van der Waals surface area contributed by atoms with Gasteiger partial charge in [-0.15, -0.1) is 0 Å². The average Bonchev–Trinajstić information content (AvgIpc) is 2.14. The van der Waals surface area contributed by atoms with Crippen LogP contribution >= 0.6 is 0 Å². The summed E-state index contributed by atoms with van der Waals surface area (Å²) in [6.45, 7) is 6.39. The highest BCUT2D eigenvalue weighted by Gasteiger charge is 2.09. The van der Waals surface area contributed by atoms with Crippen LogP contribution in [0.1, 0.15) is 0 Å². The second-order valence-corrected chi connectivity index (χ2v) is 1.30. The Morgan fingerprint density at radius 2 is 2.00 bits per heavy atom. The molecule has 0 spiro atoms. The summed E-state index contributed by atoms with van der Waals surface area (Å²) >= 11 is 0. The number of ether oxygens (including phenoxy) is 2. The fourth-order valence-electron chi connectivity index (χ4n) is 0.488. The molecule has 1 aliphatic heterocycles. The van der Waals surface area contributed by atoms with E-state index in [-0.39, 0.29) is 6.29 Å². The SMILES string of the molecule is [CH]=CC1OCCO1. The third-order valence-electron chi connectivity index (χ3n) is 0.805. The molecule has 0 bridgehead atoms. The summed E-state index contributed by atoms with van der Waals surface area (Å²) < 4.78 is 9.80. The molecule has 0 atom stereocenters. The molecule has 0 amide bonds. The lowest BCUT2D eigenvalue weighted by molar-refractivity contribution is -0.00150. The van der Waals surface area contributed by atoms with Crippen LogP contribution in [0.4, 0.5) is 0 Å². The molecule has 0 saturated carbocycles. The molecule has 1 radical (unpaired) electrons. The van der Waals surface area contributed by atoms with Gasteiger partial charge in [0.15, 0.2) is 6.29 Å². The number of hydrogen-bond acceptors (Lipinski definition) is 2. The van der Waals surface area contributed by atoms with Gasteiger partial charge < -0.3 is 9.47 Å². The lowest BCUT2D eigenvalue weighted by Gasteiger charge is -1.97. The Morgan fingerprint density at radius 3 is 2.29 bits per heavy atom. The first-order valence-corrected chi connectivity index (χ1v) is 2.22. The molecule has 0 aliphatic carbocycles. The highest BCUT2D eigenvalue weighted by atomic mass is 16.7. The molecule has 1 aliphatic rings. The zero-order valence-electron chi connectivity index (χ0n) is 3.96. The summed E-state index contributed by atoms with van der Waals surface area (Å²) in [4.78, 5) is 0. The van der Waals surface area contributed by atoms with Gasteiger partial charge >= 0.3 is 0 Å². The first-order valence-electron chi connectivity index (χ1n) is 2.22. The van der Waals surface area contributed by atoms with E-state index >= 15 is 0 Å². The maximum atomic E-state index is 5.06. The highest BCUT2D eigenvalue weighted by Crippen LogP contribution is 2.01. The highest BCUT2D eigenvalue weighted by molar-refractivity contribution is 4.70. The normalized spacial score (nSPS) is 22.9. The smallest absolute Gasteiger partial charge is 0.177 e. The van der Waals surface area contributed by atoms with Gasteiger partial charge in [-0.25, -0.2) is 0 Å². The molecule has 1 fully saturated rings. The summed E-state index contributed by atoms with van der Waals surface area (Å²) in [5, 5.41) is 0. The minimum Gasteiger partial charge on any atom is -0.347 e. The van der Waals surface area contributed by atoms with E-state index in [2.05, 4.69) is 0 Å². The molecule has 1 rings (SSSR count). The third kappa shape index (κ3) is 1.01. The predicted octanol–water partition coefficient (Wildman–Crippen LogP) is 0.348. The summed E-state index contributed by atoms with van der Waals surface area (Å²) in [6, 6.07) is 0. The van der Waals surface area contributed by atoms with Gasteiger partial charge in [0, 0.05) is 0 Å². The van der Waals surface area contributed by atoms with Gasteiger partial charge in [0.1, 0.15) is 0 Å². The summed E-state index contributed by atoms with van der Waals surface area (Å²) in [5.74, 6) is 0. The minimum absolute atomic E-state index is 0.250. The Balaban J connectivity index is 2.26. The zero-order chi connectivity index (χ0) is 5.11. The van der Waals surface area contributed by atoms with Crippen LogP contribution in [-0.2, 0) is 9.47 Å². The largest absolute Gasteiger partial charge is 0.347 e. The van der Waals surface area contributed by atoms with Gasteiger partial charge in [-0.2, -0.15) is 0 Å². The van der Waals surface area contributed by atoms with Crippen molar-refractivity contribution in [2.45, 2.75) is 6.29 Å². The first-order chi connectivity index (χ1) is 3.43. The Kier molecular flexibility index (Phi) is 1.44. The van der Waals surface area contributed by atoms with Crippen LogP contribution < -0.4 is 0 Å². The average molecular weight is 99.1 g/mol. The Bertz CT molecular complexity index is 64.5. The van der Waals surface area contributed by atoms with E-state index in [4.69, 9.17) is 16.1 Å². The van der Waals surface area contributed by atoms with E-state index in [1.54, 1.807) is 0 Å². The molecule has 1 heterocycles. The second-order valence-electron chi connectivity index (χ2n) is 1.30. The maximum absolute atomic E-state index is 5.06. The van der Waals surface area contributed by atoms with Gasteiger partial charge in [-0.05, 0) is 6.08 Å². The fraction of sp³-hybridized carbons (Fsp3) is 0.600. The van der Waals surface area contributed by atoms with E-state index in [0.29, 0.717) is 13.2 Å². The third-order valence-corrected chi connectivity index (χ3v) is 0.805. The lowest BCUT2D eigenvalue weighted by Crippen LogP contribution is -2.00. The Morgan fingerprint density at radius 1 is 1.43 bits per heavy atom. The molecular weight excluding hydrogens is 92.1 g/mol. The van der Waals surface area contributed by atoms with Crippen molar-refractivity contribution in [1.82, 2.24) is 0 Å². The van der Waals surface area contributed by atoms with Crippen LogP contribution in [0.2, 0.25) is 0 Å². The van der Waals surface area contributed by atoms with Crippen molar-refractivity contribution in [2.24, 2.45) is 0 Å². The second kappa shape index (κ2) is 2.09. The molecule has 0 N–H and O–H groups in total. The van der Waals surface area contributed by atoms with Crippen molar-refractivity contribution < 1.29 is 9.47 Å². The van der Waals surface area contributed by atoms with Crippen LogP contribution in [0.5, 0.6) is 0 Å². The monoisotopic (exact) mass is 99.0 g/mol. The molecule has 2 heteroatoms. The van der Waals surface area contributed by atoms with Crippen molar-refractivity contribution >= 4 is 0 Å². The Labute approximate surface area is 42.7 Å².